The second-order valence-electron chi connectivity index (χ2n) is 6.81. The number of hydrogen-bond acceptors (Lipinski definition) is 6. The van der Waals surface area contributed by atoms with Gasteiger partial charge >= 0.3 is 6.09 Å². The van der Waals surface area contributed by atoms with Gasteiger partial charge in [0.05, 0.1) is 0 Å². The highest BCUT2D eigenvalue weighted by Gasteiger charge is 2.25. The van der Waals surface area contributed by atoms with Gasteiger partial charge in [0, 0.05) is 12.7 Å². The van der Waals surface area contributed by atoms with E-state index < -0.39 is 24.1 Å². The maximum absolute atomic E-state index is 12.5. The van der Waals surface area contributed by atoms with Crippen LogP contribution in [-0.4, -0.2) is 41.6 Å². The van der Waals surface area contributed by atoms with Crippen molar-refractivity contribution in [3.05, 3.63) is 59.8 Å². The molecule has 6 N–H and O–H groups in total. The van der Waals surface area contributed by atoms with Crippen LogP contribution in [0.5, 0.6) is 0 Å². The second kappa shape index (κ2) is 11.4. The molecule has 1 aromatic heterocycles. The molecule has 2 rings (SSSR count). The predicted molar refractivity (Wildman–Crippen MR) is 112 cm³/mol. The number of aromatic nitrogens is 1. The van der Waals surface area contributed by atoms with Gasteiger partial charge in [-0.1, -0.05) is 30.3 Å². The van der Waals surface area contributed by atoms with Gasteiger partial charge < -0.3 is 26.8 Å². The lowest BCUT2D eigenvalue weighted by molar-refractivity contribution is -0.133. The summed E-state index contributed by atoms with van der Waals surface area (Å²) >= 11 is 0. The standard InChI is InChI=1S/C21H27N5O4/c1-14(19(27)25-12-10-16-9-11-24-18(22)13-16)26-20(28)17(30-21(23)29)8-7-15-5-3-2-4-6-15/h2-6,9,11,13-14,17H,7-8,10,12H2,1H3,(H2,22,24)(H2,23,29)(H,25,27)(H,26,28)/t14-,17+/m0/s1. The van der Waals surface area contributed by atoms with Gasteiger partial charge in [-0.25, -0.2) is 9.78 Å². The highest BCUT2D eigenvalue weighted by atomic mass is 16.6. The summed E-state index contributed by atoms with van der Waals surface area (Å²) < 4.78 is 4.94. The summed E-state index contributed by atoms with van der Waals surface area (Å²) in [6.45, 7) is 1.92. The molecule has 0 aliphatic carbocycles. The molecule has 0 bridgehead atoms. The maximum Gasteiger partial charge on any atom is 0.405 e. The Morgan fingerprint density at radius 2 is 1.80 bits per heavy atom. The van der Waals surface area contributed by atoms with Gasteiger partial charge in [-0.2, -0.15) is 0 Å². The fraction of sp³-hybridized carbons (Fsp3) is 0.333. The van der Waals surface area contributed by atoms with E-state index in [0.717, 1.165) is 11.1 Å². The van der Waals surface area contributed by atoms with Crippen LogP contribution in [0.25, 0.3) is 0 Å². The summed E-state index contributed by atoms with van der Waals surface area (Å²) in [5.41, 5.74) is 12.6. The predicted octanol–water partition coefficient (Wildman–Crippen LogP) is 0.924. The lowest BCUT2D eigenvalue weighted by Crippen LogP contribution is -2.49. The van der Waals surface area contributed by atoms with Crippen molar-refractivity contribution in [2.24, 2.45) is 5.73 Å². The third-order valence-corrected chi connectivity index (χ3v) is 4.40. The van der Waals surface area contributed by atoms with Crippen molar-refractivity contribution in [2.75, 3.05) is 12.3 Å². The van der Waals surface area contributed by atoms with Crippen LogP contribution in [0.4, 0.5) is 10.6 Å². The van der Waals surface area contributed by atoms with E-state index in [2.05, 4.69) is 15.6 Å². The molecule has 0 aliphatic rings. The van der Waals surface area contributed by atoms with E-state index in [9.17, 15) is 14.4 Å². The van der Waals surface area contributed by atoms with E-state index in [1.54, 1.807) is 19.2 Å². The monoisotopic (exact) mass is 413 g/mol. The zero-order chi connectivity index (χ0) is 21.9. The highest BCUT2D eigenvalue weighted by molar-refractivity contribution is 5.89. The number of benzene rings is 1. The molecule has 3 amide bonds. The van der Waals surface area contributed by atoms with Crippen molar-refractivity contribution in [3.8, 4) is 0 Å². The van der Waals surface area contributed by atoms with Crippen LogP contribution in [0.3, 0.4) is 0 Å². The van der Waals surface area contributed by atoms with Crippen molar-refractivity contribution in [3.63, 3.8) is 0 Å². The number of nitrogen functional groups attached to an aromatic ring is 1. The number of nitrogens with two attached hydrogens (primary N) is 2. The Labute approximate surface area is 175 Å². The van der Waals surface area contributed by atoms with Crippen LogP contribution in [-0.2, 0) is 27.2 Å². The fourth-order valence-electron chi connectivity index (χ4n) is 2.83. The lowest BCUT2D eigenvalue weighted by Gasteiger charge is -2.20. The van der Waals surface area contributed by atoms with Crippen LogP contribution in [0.1, 0.15) is 24.5 Å². The Morgan fingerprint density at radius 3 is 2.47 bits per heavy atom. The number of aryl methyl sites for hydroxylation is 1. The van der Waals surface area contributed by atoms with Crippen molar-refractivity contribution < 1.29 is 19.1 Å². The van der Waals surface area contributed by atoms with Crippen molar-refractivity contribution in [1.29, 1.82) is 0 Å². The summed E-state index contributed by atoms with van der Waals surface area (Å²) in [6, 6.07) is 12.2. The second-order valence-corrected chi connectivity index (χ2v) is 6.81. The first kappa shape index (κ1) is 22.7. The van der Waals surface area contributed by atoms with Gasteiger partial charge in [0.2, 0.25) is 5.91 Å². The van der Waals surface area contributed by atoms with Crippen LogP contribution >= 0.6 is 0 Å². The molecule has 0 spiro atoms. The number of nitrogens with zero attached hydrogens (tertiary/aromatic N) is 1. The molecule has 0 saturated heterocycles. The average molecular weight is 413 g/mol. The number of rotatable bonds is 10. The summed E-state index contributed by atoms with van der Waals surface area (Å²) in [5, 5.41) is 5.31. The molecule has 0 radical (unpaired) electrons. The van der Waals surface area contributed by atoms with Crippen molar-refractivity contribution in [1.82, 2.24) is 15.6 Å². The molecule has 1 aromatic carbocycles. The smallest absolute Gasteiger partial charge is 0.405 e. The molecule has 0 fully saturated rings. The summed E-state index contributed by atoms with van der Waals surface area (Å²) in [4.78, 5) is 39.9. The molecule has 9 heteroatoms. The number of nitrogens with one attached hydrogen (secondary N) is 2. The van der Waals surface area contributed by atoms with Crippen LogP contribution < -0.4 is 22.1 Å². The highest BCUT2D eigenvalue weighted by Crippen LogP contribution is 2.08. The number of carbonyl (C=O) groups is 3. The van der Waals surface area contributed by atoms with Gasteiger partial charge in [-0.15, -0.1) is 0 Å². The largest absolute Gasteiger partial charge is 0.436 e. The number of anilines is 1. The molecule has 2 atom stereocenters. The fourth-order valence-corrected chi connectivity index (χ4v) is 2.83. The van der Waals surface area contributed by atoms with Gasteiger partial charge in [0.25, 0.3) is 5.91 Å². The normalized spacial score (nSPS) is 12.4. The topological polar surface area (TPSA) is 149 Å². The Hall–Kier alpha value is -3.62. The number of carbonyl (C=O) groups excluding carboxylic acids is 3. The Morgan fingerprint density at radius 1 is 1.07 bits per heavy atom. The first-order valence-electron chi connectivity index (χ1n) is 9.63. The summed E-state index contributed by atoms with van der Waals surface area (Å²) in [6.07, 6.45) is 0.806. The Kier molecular flexibility index (Phi) is 8.61. The number of hydrogen-bond donors (Lipinski definition) is 4. The van der Waals surface area contributed by atoms with E-state index in [1.807, 2.05) is 36.4 Å². The molecular formula is C21H27N5O4. The lowest BCUT2D eigenvalue weighted by atomic mass is 10.1. The maximum atomic E-state index is 12.5. The first-order chi connectivity index (χ1) is 14.3. The molecule has 0 aliphatic heterocycles. The SMILES string of the molecule is C[C@H](NC(=O)[C@@H](CCc1ccccc1)OC(N)=O)C(=O)NCCc1ccnc(N)c1. The number of primary amides is 1. The zero-order valence-corrected chi connectivity index (χ0v) is 16.8. The van der Waals surface area contributed by atoms with E-state index in [-0.39, 0.29) is 12.3 Å². The minimum Gasteiger partial charge on any atom is -0.436 e. The van der Waals surface area contributed by atoms with E-state index in [4.69, 9.17) is 16.2 Å². The number of pyridine rings is 1. The molecule has 30 heavy (non-hydrogen) atoms. The molecule has 1 heterocycles. The molecule has 0 saturated carbocycles. The first-order valence-corrected chi connectivity index (χ1v) is 9.63. The van der Waals surface area contributed by atoms with Crippen LogP contribution in [0.2, 0.25) is 0 Å². The van der Waals surface area contributed by atoms with Gasteiger partial charge in [0.1, 0.15) is 11.9 Å². The Bertz CT molecular complexity index is 859. The van der Waals surface area contributed by atoms with Gasteiger partial charge in [0.15, 0.2) is 6.10 Å². The zero-order valence-electron chi connectivity index (χ0n) is 16.8. The van der Waals surface area contributed by atoms with Gasteiger partial charge in [-0.3, -0.25) is 9.59 Å². The average Bonchev–Trinajstić information content (AvgIpc) is 2.71. The molecular weight excluding hydrogens is 386 g/mol. The van der Waals surface area contributed by atoms with Gasteiger partial charge in [-0.05, 0) is 49.4 Å². The third-order valence-electron chi connectivity index (χ3n) is 4.40. The summed E-state index contributed by atoms with van der Waals surface area (Å²) in [7, 11) is 0. The van der Waals surface area contributed by atoms with Crippen LogP contribution in [0, 0.1) is 0 Å². The number of amides is 3. The minimum absolute atomic E-state index is 0.247. The third kappa shape index (κ3) is 7.78. The minimum atomic E-state index is -1.09. The molecule has 9 nitrogen and oxygen atoms in total. The molecule has 0 unspecified atom stereocenters. The van der Waals surface area contributed by atoms with Crippen molar-refractivity contribution in [2.45, 2.75) is 38.3 Å². The van der Waals surface area contributed by atoms with Crippen LogP contribution in [0.15, 0.2) is 48.7 Å². The van der Waals surface area contributed by atoms with E-state index >= 15 is 0 Å². The molecule has 2 aromatic rings. The quantitative estimate of drug-likeness (QED) is 0.455. The van der Waals surface area contributed by atoms with E-state index in [1.165, 1.54) is 0 Å². The molecule has 160 valence electrons. The summed E-state index contributed by atoms with van der Waals surface area (Å²) in [5.74, 6) is -0.518. The number of ether oxygens (including phenoxy) is 1. The van der Waals surface area contributed by atoms with Crippen molar-refractivity contribution >= 4 is 23.7 Å². The van der Waals surface area contributed by atoms with E-state index in [0.29, 0.717) is 25.2 Å². The Balaban J connectivity index is 1.83.